The van der Waals surface area contributed by atoms with Crippen LogP contribution < -0.4 is 0 Å². The summed E-state index contributed by atoms with van der Waals surface area (Å²) in [5, 5.41) is 0.780. The van der Waals surface area contributed by atoms with Crippen molar-refractivity contribution in [3.05, 3.63) is 76.5 Å². The van der Waals surface area contributed by atoms with Crippen LogP contribution in [-0.2, 0) is 17.7 Å². The minimum absolute atomic E-state index is 0.205. The molecule has 30 heavy (non-hydrogen) atoms. The molecule has 2 aromatic carbocycles. The Labute approximate surface area is 176 Å². The van der Waals surface area contributed by atoms with Gasteiger partial charge in [-0.25, -0.2) is 4.79 Å². The Kier molecular flexibility index (Phi) is 5.91. The van der Waals surface area contributed by atoms with Crippen molar-refractivity contribution in [3.8, 4) is 0 Å². The smallest absolute Gasteiger partial charge is 0.339 e. The van der Waals surface area contributed by atoms with Gasteiger partial charge in [-0.3, -0.25) is 14.7 Å². The predicted octanol–water partition coefficient (Wildman–Crippen LogP) is 4.35. The molecule has 0 fully saturated rings. The molecule has 1 aliphatic rings. The van der Waals surface area contributed by atoms with Gasteiger partial charge >= 0.3 is 5.97 Å². The maximum atomic E-state index is 13.2. The van der Waals surface area contributed by atoms with Crippen molar-refractivity contribution in [1.82, 2.24) is 9.88 Å². The molecule has 3 aromatic rings. The third kappa shape index (κ3) is 4.12. The molecule has 5 heteroatoms. The molecule has 0 atom stereocenters. The summed E-state index contributed by atoms with van der Waals surface area (Å²) in [6.45, 7) is 6.44. The van der Waals surface area contributed by atoms with Gasteiger partial charge in [0.05, 0.1) is 11.1 Å². The first-order valence-electron chi connectivity index (χ1n) is 10.5. The highest BCUT2D eigenvalue weighted by atomic mass is 16.5. The number of esters is 1. The number of ketones is 1. The zero-order valence-corrected chi connectivity index (χ0v) is 17.5. The number of Topliss-reactive ketones (excluding diaryl/α,β-unsaturated/α-hetero) is 1. The summed E-state index contributed by atoms with van der Waals surface area (Å²) in [5.74, 6) is -0.660. The van der Waals surface area contributed by atoms with Gasteiger partial charge in [-0.05, 0) is 26.0 Å². The van der Waals surface area contributed by atoms with E-state index in [1.54, 1.807) is 12.1 Å². The summed E-state index contributed by atoms with van der Waals surface area (Å²) in [7, 11) is 0. The topological polar surface area (TPSA) is 59.5 Å². The third-order valence-electron chi connectivity index (χ3n) is 5.58. The average Bonchev–Trinajstić information content (AvgIpc) is 2.76. The van der Waals surface area contributed by atoms with E-state index in [2.05, 4.69) is 11.8 Å². The first kappa shape index (κ1) is 20.2. The van der Waals surface area contributed by atoms with Gasteiger partial charge < -0.3 is 4.74 Å². The van der Waals surface area contributed by atoms with Gasteiger partial charge in [-0.1, -0.05) is 55.0 Å². The molecular formula is C25H26N2O3. The molecular weight excluding hydrogens is 376 g/mol. The van der Waals surface area contributed by atoms with E-state index < -0.39 is 5.97 Å². The Morgan fingerprint density at radius 3 is 2.63 bits per heavy atom. The molecule has 154 valence electrons. The number of hydrogen-bond acceptors (Lipinski definition) is 5. The van der Waals surface area contributed by atoms with Crippen LogP contribution in [0.4, 0.5) is 0 Å². The Balaban J connectivity index is 1.63. The van der Waals surface area contributed by atoms with Crippen LogP contribution in [0.2, 0.25) is 0 Å². The Morgan fingerprint density at radius 1 is 1.10 bits per heavy atom. The molecule has 1 aliphatic heterocycles. The van der Waals surface area contributed by atoms with E-state index in [-0.39, 0.29) is 12.4 Å². The molecule has 5 nitrogen and oxygen atoms in total. The summed E-state index contributed by atoms with van der Waals surface area (Å²) >= 11 is 0. The maximum Gasteiger partial charge on any atom is 0.339 e. The number of carbonyl (C=O) groups is 2. The van der Waals surface area contributed by atoms with Gasteiger partial charge in [-0.2, -0.15) is 0 Å². The average molecular weight is 402 g/mol. The highest BCUT2D eigenvalue weighted by molar-refractivity contribution is 6.06. The van der Waals surface area contributed by atoms with Gasteiger partial charge in [0.25, 0.3) is 0 Å². The van der Waals surface area contributed by atoms with E-state index in [4.69, 9.17) is 9.72 Å². The predicted molar refractivity (Wildman–Crippen MR) is 117 cm³/mol. The van der Waals surface area contributed by atoms with Crippen LogP contribution in [0, 0.1) is 6.92 Å². The number of aryl methyl sites for hydroxylation is 1. The van der Waals surface area contributed by atoms with Crippen LogP contribution in [0.15, 0.2) is 48.5 Å². The second-order valence-corrected chi connectivity index (χ2v) is 7.82. The van der Waals surface area contributed by atoms with Gasteiger partial charge in [0.1, 0.15) is 0 Å². The molecule has 4 rings (SSSR count). The van der Waals surface area contributed by atoms with Crippen LogP contribution in [0.25, 0.3) is 10.9 Å². The van der Waals surface area contributed by atoms with E-state index in [0.717, 1.165) is 53.7 Å². The summed E-state index contributed by atoms with van der Waals surface area (Å²) in [6.07, 6.45) is 1.86. The number of aromatic nitrogens is 1. The number of rotatable bonds is 6. The van der Waals surface area contributed by atoms with Crippen molar-refractivity contribution >= 4 is 22.7 Å². The number of para-hydroxylation sites is 1. The molecule has 0 unspecified atom stereocenters. The Morgan fingerprint density at radius 2 is 1.87 bits per heavy atom. The Hall–Kier alpha value is -3.05. The van der Waals surface area contributed by atoms with Crippen molar-refractivity contribution in [2.45, 2.75) is 33.2 Å². The lowest BCUT2D eigenvalue weighted by Crippen LogP contribution is -2.33. The molecule has 0 N–H and O–H groups in total. The van der Waals surface area contributed by atoms with Gasteiger partial charge in [0.2, 0.25) is 0 Å². The largest absolute Gasteiger partial charge is 0.454 e. The van der Waals surface area contributed by atoms with Crippen molar-refractivity contribution in [1.29, 1.82) is 0 Å². The lowest BCUT2D eigenvalue weighted by atomic mass is 9.95. The van der Waals surface area contributed by atoms with Gasteiger partial charge in [0, 0.05) is 41.7 Å². The molecule has 0 aliphatic carbocycles. The standard InChI is InChI=1S/C25H26N2O3/c1-3-13-27-14-12-22-20(15-27)24(19-6-4-5-7-21(19)26-22)25(29)30-16-23(28)18-10-8-17(2)9-11-18/h4-11H,3,12-16H2,1-2H3. The highest BCUT2D eigenvalue weighted by Crippen LogP contribution is 2.29. The normalized spacial score (nSPS) is 13.8. The van der Waals surface area contributed by atoms with Crippen molar-refractivity contribution in [2.24, 2.45) is 0 Å². The van der Waals surface area contributed by atoms with Gasteiger partial charge in [-0.15, -0.1) is 0 Å². The monoisotopic (exact) mass is 402 g/mol. The van der Waals surface area contributed by atoms with Crippen LogP contribution in [0.3, 0.4) is 0 Å². The molecule has 0 radical (unpaired) electrons. The highest BCUT2D eigenvalue weighted by Gasteiger charge is 2.26. The summed E-state index contributed by atoms with van der Waals surface area (Å²) < 4.78 is 5.51. The first-order chi connectivity index (χ1) is 14.6. The fourth-order valence-corrected chi connectivity index (χ4v) is 4.01. The van der Waals surface area contributed by atoms with Crippen LogP contribution >= 0.6 is 0 Å². The lowest BCUT2D eigenvalue weighted by molar-refractivity contribution is 0.0474. The van der Waals surface area contributed by atoms with Crippen LogP contribution in [0.5, 0.6) is 0 Å². The summed E-state index contributed by atoms with van der Waals surface area (Å²) in [6, 6.07) is 14.9. The number of nitrogens with zero attached hydrogens (tertiary/aromatic N) is 2. The lowest BCUT2D eigenvalue weighted by Gasteiger charge is -2.29. The summed E-state index contributed by atoms with van der Waals surface area (Å²) in [5.41, 5.74) is 4.85. The molecule has 0 saturated carbocycles. The number of benzene rings is 2. The number of pyridine rings is 1. The minimum Gasteiger partial charge on any atom is -0.454 e. The quantitative estimate of drug-likeness (QED) is 0.453. The second kappa shape index (κ2) is 8.76. The fraction of sp³-hybridized carbons (Fsp3) is 0.320. The fourth-order valence-electron chi connectivity index (χ4n) is 4.01. The molecule has 0 bridgehead atoms. The van der Waals surface area contributed by atoms with Gasteiger partial charge in [0.15, 0.2) is 12.4 Å². The number of fused-ring (bicyclic) bond motifs is 2. The second-order valence-electron chi connectivity index (χ2n) is 7.82. The van der Waals surface area contributed by atoms with Crippen molar-refractivity contribution in [3.63, 3.8) is 0 Å². The third-order valence-corrected chi connectivity index (χ3v) is 5.58. The molecule has 1 aromatic heterocycles. The SMILES string of the molecule is CCCN1CCc2nc3ccccc3c(C(=O)OCC(=O)c3ccc(C)cc3)c2C1. The number of ether oxygens (including phenoxy) is 1. The molecule has 0 amide bonds. The van der Waals surface area contributed by atoms with Crippen molar-refractivity contribution < 1.29 is 14.3 Å². The van der Waals surface area contributed by atoms with Crippen molar-refractivity contribution in [2.75, 3.05) is 19.7 Å². The zero-order valence-electron chi connectivity index (χ0n) is 17.5. The van der Waals surface area contributed by atoms with E-state index in [1.807, 2.05) is 43.3 Å². The number of hydrogen-bond donors (Lipinski definition) is 0. The molecule has 2 heterocycles. The van der Waals surface area contributed by atoms with E-state index in [0.29, 0.717) is 17.7 Å². The van der Waals surface area contributed by atoms with E-state index >= 15 is 0 Å². The minimum atomic E-state index is -0.455. The molecule has 0 spiro atoms. The van der Waals surface area contributed by atoms with Crippen LogP contribution in [0.1, 0.15) is 50.9 Å². The molecule has 0 saturated heterocycles. The van der Waals surface area contributed by atoms with E-state index in [9.17, 15) is 9.59 Å². The number of carbonyl (C=O) groups excluding carboxylic acids is 2. The zero-order chi connectivity index (χ0) is 21.1. The van der Waals surface area contributed by atoms with Crippen LogP contribution in [-0.4, -0.2) is 41.3 Å². The summed E-state index contributed by atoms with van der Waals surface area (Å²) in [4.78, 5) is 32.8. The Bertz CT molecular complexity index is 1090. The maximum absolute atomic E-state index is 13.2. The first-order valence-corrected chi connectivity index (χ1v) is 10.5. The van der Waals surface area contributed by atoms with E-state index in [1.165, 1.54) is 0 Å².